The maximum atomic E-state index is 10.9. The van der Waals surface area contributed by atoms with E-state index in [4.69, 9.17) is 5.11 Å². The Morgan fingerprint density at radius 3 is 3.00 bits per heavy atom. The fourth-order valence-corrected chi connectivity index (χ4v) is 2.92. The number of hydrogen-bond donors (Lipinski definition) is 1. The molecule has 0 saturated heterocycles. The van der Waals surface area contributed by atoms with Crippen LogP contribution in [0.4, 0.5) is 0 Å². The molecule has 0 spiro atoms. The minimum absolute atomic E-state index is 0.172. The topological polar surface area (TPSA) is 68.0 Å². The number of carboxylic acid groups (broad SMARTS) is 1. The van der Waals surface area contributed by atoms with Gasteiger partial charge in [0.25, 0.3) is 0 Å². The van der Waals surface area contributed by atoms with Crippen LogP contribution >= 0.6 is 11.3 Å². The Kier molecular flexibility index (Phi) is 3.23. The Labute approximate surface area is 119 Å². The lowest BCUT2D eigenvalue weighted by Gasteiger charge is -2.11. The minimum atomic E-state index is -0.951. The van der Waals surface area contributed by atoms with Crippen molar-refractivity contribution in [1.29, 1.82) is 0 Å². The van der Waals surface area contributed by atoms with Crippen molar-refractivity contribution in [3.8, 4) is 0 Å². The normalized spacial score (nSPS) is 12.7. The van der Waals surface area contributed by atoms with Crippen molar-refractivity contribution < 1.29 is 9.90 Å². The first-order chi connectivity index (χ1) is 9.65. The number of aromatic carboxylic acids is 1. The molecule has 1 unspecified atom stereocenters. The maximum absolute atomic E-state index is 10.9. The van der Waals surface area contributed by atoms with Crippen LogP contribution in [-0.2, 0) is 6.42 Å². The van der Waals surface area contributed by atoms with Crippen LogP contribution in [0.1, 0.15) is 28.9 Å². The van der Waals surface area contributed by atoms with Gasteiger partial charge in [-0.15, -0.1) is 5.10 Å². The molecule has 0 aliphatic heterocycles. The van der Waals surface area contributed by atoms with Gasteiger partial charge in [0.1, 0.15) is 5.52 Å². The van der Waals surface area contributed by atoms with Gasteiger partial charge in [0.2, 0.25) is 0 Å². The molecule has 0 amide bonds. The Morgan fingerprint density at radius 2 is 2.30 bits per heavy atom. The highest BCUT2D eigenvalue weighted by Crippen LogP contribution is 2.21. The third-order valence-electron chi connectivity index (χ3n) is 3.25. The van der Waals surface area contributed by atoms with Crippen LogP contribution in [0.2, 0.25) is 0 Å². The zero-order chi connectivity index (χ0) is 14.1. The van der Waals surface area contributed by atoms with Gasteiger partial charge in [0.05, 0.1) is 17.1 Å². The minimum Gasteiger partial charge on any atom is -0.478 e. The van der Waals surface area contributed by atoms with Crippen LogP contribution in [0, 0.1) is 0 Å². The predicted molar refractivity (Wildman–Crippen MR) is 77.2 cm³/mol. The second-order valence-corrected chi connectivity index (χ2v) is 5.51. The molecule has 2 aromatic heterocycles. The Hall–Kier alpha value is -2.21. The fraction of sp³-hybridized carbons (Fsp3) is 0.214. The van der Waals surface area contributed by atoms with Gasteiger partial charge in [-0.1, -0.05) is 5.21 Å². The predicted octanol–water partition coefficient (Wildman–Crippen LogP) is 2.99. The molecule has 0 saturated carbocycles. The third-order valence-corrected chi connectivity index (χ3v) is 3.98. The molecule has 0 aliphatic rings. The molecule has 3 rings (SSSR count). The van der Waals surface area contributed by atoms with Gasteiger partial charge in [-0.3, -0.25) is 0 Å². The van der Waals surface area contributed by atoms with Crippen molar-refractivity contribution in [2.75, 3.05) is 0 Å². The number of carboxylic acids is 1. The molecule has 0 radical (unpaired) electrons. The van der Waals surface area contributed by atoms with Crippen molar-refractivity contribution in [3.63, 3.8) is 0 Å². The van der Waals surface area contributed by atoms with Gasteiger partial charge in [-0.2, -0.15) is 11.3 Å². The number of nitrogens with zero attached hydrogens (tertiary/aromatic N) is 3. The first-order valence-corrected chi connectivity index (χ1v) is 7.19. The second kappa shape index (κ2) is 5.05. The number of rotatable bonds is 4. The molecule has 102 valence electrons. The number of carbonyl (C=O) groups is 1. The summed E-state index contributed by atoms with van der Waals surface area (Å²) in [5.41, 5.74) is 2.98. The molecule has 0 bridgehead atoms. The van der Waals surface area contributed by atoms with Crippen molar-refractivity contribution in [2.24, 2.45) is 0 Å². The van der Waals surface area contributed by atoms with Gasteiger partial charge in [0, 0.05) is 0 Å². The molecule has 2 heterocycles. The van der Waals surface area contributed by atoms with E-state index >= 15 is 0 Å². The quantitative estimate of drug-likeness (QED) is 0.801. The van der Waals surface area contributed by atoms with E-state index in [1.807, 2.05) is 4.68 Å². The van der Waals surface area contributed by atoms with Crippen molar-refractivity contribution in [2.45, 2.75) is 19.4 Å². The molecule has 20 heavy (non-hydrogen) atoms. The summed E-state index contributed by atoms with van der Waals surface area (Å²) in [6.45, 7) is 2.08. The van der Waals surface area contributed by atoms with Gasteiger partial charge >= 0.3 is 5.97 Å². The van der Waals surface area contributed by atoms with E-state index in [0.717, 1.165) is 11.9 Å². The van der Waals surface area contributed by atoms with Crippen molar-refractivity contribution in [3.05, 3.63) is 46.2 Å². The standard InChI is InChI=1S/C14H13N3O2S/c1-9(6-10-4-5-20-8-10)17-13-3-2-11(14(18)19)7-12(13)15-16-17/h2-5,7-9H,6H2,1H3,(H,18,19). The summed E-state index contributed by atoms with van der Waals surface area (Å²) in [5.74, 6) is -0.951. The first kappa shape index (κ1) is 12.8. The molecule has 1 aromatic carbocycles. The smallest absolute Gasteiger partial charge is 0.335 e. The number of aromatic nitrogens is 3. The molecular weight excluding hydrogens is 274 g/mol. The monoisotopic (exact) mass is 287 g/mol. The number of benzene rings is 1. The zero-order valence-electron chi connectivity index (χ0n) is 10.9. The van der Waals surface area contributed by atoms with Gasteiger partial charge in [0.15, 0.2) is 0 Å². The van der Waals surface area contributed by atoms with Crippen LogP contribution in [0.5, 0.6) is 0 Å². The number of thiophene rings is 1. The highest BCUT2D eigenvalue weighted by molar-refractivity contribution is 7.07. The second-order valence-electron chi connectivity index (χ2n) is 4.73. The van der Waals surface area contributed by atoms with Gasteiger partial charge < -0.3 is 5.11 Å². The maximum Gasteiger partial charge on any atom is 0.335 e. The summed E-state index contributed by atoms with van der Waals surface area (Å²) < 4.78 is 1.85. The van der Waals surface area contributed by atoms with E-state index in [9.17, 15) is 4.79 Å². The summed E-state index contributed by atoms with van der Waals surface area (Å²) >= 11 is 1.68. The van der Waals surface area contributed by atoms with Crippen LogP contribution < -0.4 is 0 Å². The van der Waals surface area contributed by atoms with E-state index in [-0.39, 0.29) is 11.6 Å². The van der Waals surface area contributed by atoms with Crippen LogP contribution in [-0.4, -0.2) is 26.1 Å². The Balaban J connectivity index is 1.94. The lowest BCUT2D eigenvalue weighted by atomic mass is 10.1. The molecule has 0 fully saturated rings. The lowest BCUT2D eigenvalue weighted by Crippen LogP contribution is -2.09. The Morgan fingerprint density at radius 1 is 1.45 bits per heavy atom. The highest BCUT2D eigenvalue weighted by atomic mass is 32.1. The average Bonchev–Trinajstić information content (AvgIpc) is 3.06. The Bertz CT molecular complexity index is 749. The zero-order valence-corrected chi connectivity index (χ0v) is 11.7. The SMILES string of the molecule is CC(Cc1ccsc1)n1nnc2cc(C(=O)O)ccc21. The molecule has 3 aromatic rings. The van der Waals surface area contributed by atoms with E-state index in [1.54, 1.807) is 29.5 Å². The van der Waals surface area contributed by atoms with Crippen molar-refractivity contribution in [1.82, 2.24) is 15.0 Å². The lowest BCUT2D eigenvalue weighted by molar-refractivity contribution is 0.0697. The van der Waals surface area contributed by atoms with Crippen molar-refractivity contribution >= 4 is 28.3 Å². The summed E-state index contributed by atoms with van der Waals surface area (Å²) in [5, 5.41) is 21.4. The molecule has 0 aliphatic carbocycles. The summed E-state index contributed by atoms with van der Waals surface area (Å²) in [7, 11) is 0. The average molecular weight is 287 g/mol. The molecule has 1 atom stereocenters. The fourth-order valence-electron chi connectivity index (χ4n) is 2.24. The number of hydrogen-bond acceptors (Lipinski definition) is 4. The molecule has 1 N–H and O–H groups in total. The molecular formula is C14H13N3O2S. The van der Waals surface area contributed by atoms with Crippen LogP contribution in [0.25, 0.3) is 11.0 Å². The van der Waals surface area contributed by atoms with E-state index < -0.39 is 5.97 Å². The molecule has 5 nitrogen and oxygen atoms in total. The summed E-state index contributed by atoms with van der Waals surface area (Å²) in [6, 6.07) is 7.18. The van der Waals surface area contributed by atoms with Crippen LogP contribution in [0.15, 0.2) is 35.0 Å². The van der Waals surface area contributed by atoms with E-state index in [0.29, 0.717) is 5.52 Å². The largest absolute Gasteiger partial charge is 0.478 e. The van der Waals surface area contributed by atoms with Gasteiger partial charge in [-0.05, 0) is 53.9 Å². The molecule has 6 heteroatoms. The summed E-state index contributed by atoms with van der Waals surface area (Å²) in [4.78, 5) is 10.9. The van der Waals surface area contributed by atoms with E-state index in [2.05, 4.69) is 34.1 Å². The van der Waals surface area contributed by atoms with E-state index in [1.165, 1.54) is 5.56 Å². The third kappa shape index (κ3) is 2.30. The van der Waals surface area contributed by atoms with Gasteiger partial charge in [-0.25, -0.2) is 9.48 Å². The number of fused-ring (bicyclic) bond motifs is 1. The summed E-state index contributed by atoms with van der Waals surface area (Å²) in [6.07, 6.45) is 0.878. The van der Waals surface area contributed by atoms with Crippen LogP contribution in [0.3, 0.4) is 0 Å². The highest BCUT2D eigenvalue weighted by Gasteiger charge is 2.13. The first-order valence-electron chi connectivity index (χ1n) is 6.24.